The van der Waals surface area contributed by atoms with Crippen LogP contribution in [0, 0.1) is 20.8 Å². The number of hydrogen-bond donors (Lipinski definition) is 1. The first-order chi connectivity index (χ1) is 9.69. The van der Waals surface area contributed by atoms with E-state index in [1.807, 2.05) is 39.0 Å². The molecule has 21 heavy (non-hydrogen) atoms. The van der Waals surface area contributed by atoms with E-state index in [2.05, 4.69) is 36.6 Å². The molecule has 0 aliphatic rings. The Morgan fingerprint density at radius 2 is 1.43 bits per heavy atom. The lowest BCUT2D eigenvalue weighted by Gasteiger charge is -2.12. The Morgan fingerprint density at radius 3 is 2.00 bits per heavy atom. The summed E-state index contributed by atoms with van der Waals surface area (Å²) in [5, 5.41) is 0. The Kier molecular flexibility index (Phi) is 4.80. The lowest BCUT2D eigenvalue weighted by Crippen LogP contribution is -2.14. The maximum Gasteiger partial charge on any atom is 0.263 e. The van der Waals surface area contributed by atoms with Gasteiger partial charge < -0.3 is 0 Å². The van der Waals surface area contributed by atoms with Gasteiger partial charge in [0.05, 0.1) is 0 Å². The third kappa shape index (κ3) is 3.87. The van der Waals surface area contributed by atoms with Crippen LogP contribution in [0.1, 0.15) is 16.7 Å². The summed E-state index contributed by atoms with van der Waals surface area (Å²) in [4.78, 5) is 0.208. The number of benzene rings is 2. The van der Waals surface area contributed by atoms with E-state index < -0.39 is 10.0 Å². The molecule has 0 aromatic heterocycles. The molecule has 0 saturated heterocycles. The molecule has 0 heterocycles. The molecule has 2 rings (SSSR count). The molecule has 0 radical (unpaired) electrons. The zero-order valence-electron chi connectivity index (χ0n) is 11.9. The number of anilines is 1. The minimum Gasteiger partial charge on any atom is -0.280 e. The predicted molar refractivity (Wildman–Crippen MR) is 93.3 cm³/mol. The average molecular weight is 433 g/mol. The van der Waals surface area contributed by atoms with E-state index in [-0.39, 0.29) is 4.90 Å². The van der Waals surface area contributed by atoms with Gasteiger partial charge in [0, 0.05) is 14.6 Å². The summed E-state index contributed by atoms with van der Waals surface area (Å²) in [5.74, 6) is 0. The molecule has 0 unspecified atom stereocenters. The van der Waals surface area contributed by atoms with Crippen molar-refractivity contribution >= 4 is 47.6 Å². The quantitative estimate of drug-likeness (QED) is 0.746. The Hall–Kier alpha value is -0.850. The van der Waals surface area contributed by atoms with Gasteiger partial charge in [-0.1, -0.05) is 22.0 Å². The number of halogens is 2. The van der Waals surface area contributed by atoms with E-state index in [1.54, 1.807) is 12.1 Å². The highest BCUT2D eigenvalue weighted by molar-refractivity contribution is 9.11. The molecule has 0 fully saturated rings. The highest BCUT2D eigenvalue weighted by Gasteiger charge is 2.19. The highest BCUT2D eigenvalue weighted by atomic mass is 79.9. The monoisotopic (exact) mass is 431 g/mol. The minimum absolute atomic E-state index is 0.208. The van der Waals surface area contributed by atoms with Crippen LogP contribution in [0.2, 0.25) is 0 Å². The van der Waals surface area contributed by atoms with Crippen LogP contribution >= 0.6 is 31.9 Å². The second-order valence-corrected chi connectivity index (χ2v) is 8.37. The number of hydrogen-bond acceptors (Lipinski definition) is 2. The van der Waals surface area contributed by atoms with Gasteiger partial charge in [0.15, 0.2) is 0 Å². The predicted octanol–water partition coefficient (Wildman–Crippen LogP) is 4.94. The van der Waals surface area contributed by atoms with E-state index in [1.165, 1.54) is 0 Å². The van der Waals surface area contributed by atoms with Gasteiger partial charge in [0.25, 0.3) is 10.0 Å². The van der Waals surface area contributed by atoms with Crippen molar-refractivity contribution in [1.29, 1.82) is 0 Å². The van der Waals surface area contributed by atoms with Crippen molar-refractivity contribution in [3.05, 3.63) is 56.0 Å². The molecule has 3 nitrogen and oxygen atoms in total. The maximum absolute atomic E-state index is 12.5. The molecule has 0 atom stereocenters. The van der Waals surface area contributed by atoms with Crippen LogP contribution in [0.4, 0.5) is 5.69 Å². The number of aryl methyl sites for hydroxylation is 3. The molecule has 0 aliphatic carbocycles. The van der Waals surface area contributed by atoms with Crippen LogP contribution in [0.25, 0.3) is 0 Å². The molecule has 0 spiro atoms. The maximum atomic E-state index is 12.5. The SMILES string of the molecule is Cc1cc(C)cc(NS(=O)(=O)c2cc(Br)c(C)cc2Br)c1. The Balaban J connectivity index is 2.45. The minimum atomic E-state index is -3.64. The van der Waals surface area contributed by atoms with E-state index in [0.29, 0.717) is 10.2 Å². The van der Waals surface area contributed by atoms with Crippen molar-refractivity contribution in [3.8, 4) is 0 Å². The summed E-state index contributed by atoms with van der Waals surface area (Å²) in [7, 11) is -3.64. The van der Waals surface area contributed by atoms with Crippen molar-refractivity contribution < 1.29 is 8.42 Å². The molecular weight excluding hydrogens is 418 g/mol. The van der Waals surface area contributed by atoms with Gasteiger partial charge in [-0.3, -0.25) is 4.72 Å². The zero-order chi connectivity index (χ0) is 15.8. The standard InChI is InChI=1S/C15H15Br2NO2S/c1-9-4-10(2)6-12(5-9)18-21(19,20)15-8-13(16)11(3)7-14(15)17/h4-8,18H,1-3H3. The van der Waals surface area contributed by atoms with Crippen LogP contribution in [-0.4, -0.2) is 8.42 Å². The third-order valence-electron chi connectivity index (χ3n) is 2.98. The van der Waals surface area contributed by atoms with Crippen molar-refractivity contribution in [2.45, 2.75) is 25.7 Å². The molecule has 0 saturated carbocycles. The summed E-state index contributed by atoms with van der Waals surface area (Å²) < 4.78 is 29.0. The van der Waals surface area contributed by atoms with E-state index in [0.717, 1.165) is 21.2 Å². The van der Waals surface area contributed by atoms with Gasteiger partial charge in [-0.2, -0.15) is 0 Å². The van der Waals surface area contributed by atoms with E-state index in [9.17, 15) is 8.42 Å². The molecule has 2 aromatic carbocycles. The molecule has 6 heteroatoms. The Bertz CT molecular complexity index is 781. The summed E-state index contributed by atoms with van der Waals surface area (Å²) in [6.07, 6.45) is 0. The second-order valence-electron chi connectivity index (χ2n) is 5.01. The first kappa shape index (κ1) is 16.5. The fourth-order valence-corrected chi connectivity index (χ4v) is 4.80. The third-order valence-corrected chi connectivity index (χ3v) is 6.17. The Labute approximate surface area is 142 Å². The lowest BCUT2D eigenvalue weighted by molar-refractivity contribution is 0.600. The number of sulfonamides is 1. The molecule has 0 aliphatic heterocycles. The van der Waals surface area contributed by atoms with Crippen LogP contribution in [0.15, 0.2) is 44.2 Å². The highest BCUT2D eigenvalue weighted by Crippen LogP contribution is 2.30. The largest absolute Gasteiger partial charge is 0.280 e. The first-order valence-corrected chi connectivity index (χ1v) is 9.33. The Morgan fingerprint density at radius 1 is 0.857 bits per heavy atom. The van der Waals surface area contributed by atoms with E-state index >= 15 is 0 Å². The lowest BCUT2D eigenvalue weighted by atomic mass is 10.1. The summed E-state index contributed by atoms with van der Waals surface area (Å²) in [5.41, 5.74) is 3.55. The van der Waals surface area contributed by atoms with Gasteiger partial charge in [-0.25, -0.2) is 8.42 Å². The molecule has 112 valence electrons. The van der Waals surface area contributed by atoms with Gasteiger partial charge >= 0.3 is 0 Å². The number of nitrogens with one attached hydrogen (secondary N) is 1. The molecule has 2 aromatic rings. The molecule has 0 bridgehead atoms. The van der Waals surface area contributed by atoms with Crippen LogP contribution in [-0.2, 0) is 10.0 Å². The average Bonchev–Trinajstić information content (AvgIpc) is 2.31. The topological polar surface area (TPSA) is 46.2 Å². The summed E-state index contributed by atoms with van der Waals surface area (Å²) in [6.45, 7) is 5.77. The normalized spacial score (nSPS) is 11.5. The fourth-order valence-electron chi connectivity index (χ4n) is 2.08. The molecular formula is C15H15Br2NO2S. The first-order valence-electron chi connectivity index (χ1n) is 6.26. The molecule has 0 amide bonds. The zero-order valence-corrected chi connectivity index (χ0v) is 15.9. The van der Waals surface area contributed by atoms with Crippen molar-refractivity contribution in [2.75, 3.05) is 4.72 Å². The number of rotatable bonds is 3. The van der Waals surface area contributed by atoms with Crippen molar-refractivity contribution in [2.24, 2.45) is 0 Å². The van der Waals surface area contributed by atoms with Gasteiger partial charge in [-0.15, -0.1) is 0 Å². The van der Waals surface area contributed by atoms with E-state index in [4.69, 9.17) is 0 Å². The second kappa shape index (κ2) is 6.10. The van der Waals surface area contributed by atoms with Crippen molar-refractivity contribution in [1.82, 2.24) is 0 Å². The van der Waals surface area contributed by atoms with Gasteiger partial charge in [0.1, 0.15) is 4.90 Å². The van der Waals surface area contributed by atoms with Gasteiger partial charge in [-0.05, 0) is 77.7 Å². The summed E-state index contributed by atoms with van der Waals surface area (Å²) >= 11 is 6.69. The van der Waals surface area contributed by atoms with Crippen LogP contribution < -0.4 is 4.72 Å². The smallest absolute Gasteiger partial charge is 0.263 e. The summed E-state index contributed by atoms with van der Waals surface area (Å²) in [6, 6.07) is 8.99. The van der Waals surface area contributed by atoms with Crippen molar-refractivity contribution in [3.63, 3.8) is 0 Å². The van der Waals surface area contributed by atoms with Crippen LogP contribution in [0.5, 0.6) is 0 Å². The van der Waals surface area contributed by atoms with Gasteiger partial charge in [0.2, 0.25) is 0 Å². The molecule has 1 N–H and O–H groups in total. The van der Waals surface area contributed by atoms with Crippen LogP contribution in [0.3, 0.4) is 0 Å². The fraction of sp³-hybridized carbons (Fsp3) is 0.200.